The molecule has 0 atom stereocenters. The van der Waals surface area contributed by atoms with E-state index in [1.807, 2.05) is 18.2 Å². The summed E-state index contributed by atoms with van der Waals surface area (Å²) in [7, 11) is 0. The summed E-state index contributed by atoms with van der Waals surface area (Å²) in [6, 6.07) is 15.9. The van der Waals surface area contributed by atoms with Crippen LogP contribution in [0.5, 0.6) is 5.75 Å². The van der Waals surface area contributed by atoms with Crippen molar-refractivity contribution < 1.29 is 18.9 Å². The molecule has 2 aromatic carbocycles. The summed E-state index contributed by atoms with van der Waals surface area (Å²) >= 11 is 4.24. The van der Waals surface area contributed by atoms with Gasteiger partial charge in [-0.25, -0.2) is 9.78 Å². The fraction of sp³-hybridized carbons (Fsp3) is 0.0526. The standard InChI is InChI=1S/C19H14N2O3S/c22-16(14-6-2-1-3-7-14)13-21-11-10-20-15(12-21)19(23)24-17-8-4-5-9-18(17)25/h1-12H,13H2/p+1. The maximum atomic E-state index is 12.3. The van der Waals surface area contributed by atoms with E-state index < -0.39 is 5.97 Å². The third-order valence-corrected chi connectivity index (χ3v) is 3.83. The highest BCUT2D eigenvalue weighted by Crippen LogP contribution is 2.21. The summed E-state index contributed by atoms with van der Waals surface area (Å²) in [6.07, 6.45) is 4.58. The Hall–Kier alpha value is -2.99. The predicted octanol–water partition coefficient (Wildman–Crippen LogP) is 2.76. The van der Waals surface area contributed by atoms with Gasteiger partial charge in [-0.3, -0.25) is 4.79 Å². The fourth-order valence-electron chi connectivity index (χ4n) is 2.21. The van der Waals surface area contributed by atoms with Gasteiger partial charge >= 0.3 is 5.97 Å². The van der Waals surface area contributed by atoms with Gasteiger partial charge in [0.05, 0.1) is 6.20 Å². The van der Waals surface area contributed by atoms with Crippen molar-refractivity contribution in [3.8, 4) is 5.75 Å². The van der Waals surface area contributed by atoms with Crippen molar-refractivity contribution in [2.24, 2.45) is 0 Å². The third kappa shape index (κ3) is 4.30. The fourth-order valence-corrected chi connectivity index (χ4v) is 2.42. The molecule has 0 aliphatic carbocycles. The van der Waals surface area contributed by atoms with Crippen molar-refractivity contribution in [1.82, 2.24) is 4.98 Å². The number of aromatic nitrogens is 2. The van der Waals surface area contributed by atoms with Crippen molar-refractivity contribution in [1.29, 1.82) is 0 Å². The zero-order valence-corrected chi connectivity index (χ0v) is 14.1. The Morgan fingerprint density at radius 2 is 1.76 bits per heavy atom. The van der Waals surface area contributed by atoms with Gasteiger partial charge in [0.25, 0.3) is 0 Å². The molecule has 5 nitrogen and oxygen atoms in total. The molecule has 0 unspecified atom stereocenters. The third-order valence-electron chi connectivity index (χ3n) is 3.46. The van der Waals surface area contributed by atoms with E-state index in [-0.39, 0.29) is 18.0 Å². The van der Waals surface area contributed by atoms with E-state index in [0.717, 1.165) is 0 Å². The molecular weight excluding hydrogens is 336 g/mol. The first-order chi connectivity index (χ1) is 12.1. The molecule has 1 heterocycles. The number of thiol groups is 1. The van der Waals surface area contributed by atoms with Gasteiger partial charge in [-0.2, -0.15) is 4.57 Å². The van der Waals surface area contributed by atoms with E-state index in [1.165, 1.54) is 12.4 Å². The van der Waals surface area contributed by atoms with Gasteiger partial charge in [-0.05, 0) is 12.1 Å². The van der Waals surface area contributed by atoms with Gasteiger partial charge in [0.15, 0.2) is 6.20 Å². The second-order valence-corrected chi connectivity index (χ2v) is 5.74. The van der Waals surface area contributed by atoms with E-state index in [9.17, 15) is 9.59 Å². The van der Waals surface area contributed by atoms with Crippen molar-refractivity contribution in [3.05, 3.63) is 84.4 Å². The van der Waals surface area contributed by atoms with Gasteiger partial charge < -0.3 is 4.74 Å². The normalized spacial score (nSPS) is 10.3. The summed E-state index contributed by atoms with van der Waals surface area (Å²) in [5.41, 5.74) is 0.722. The summed E-state index contributed by atoms with van der Waals surface area (Å²) in [5.74, 6) is -0.312. The summed E-state index contributed by atoms with van der Waals surface area (Å²) < 4.78 is 6.90. The minimum Gasteiger partial charge on any atom is -0.420 e. The number of benzene rings is 2. The second kappa shape index (κ2) is 7.72. The number of rotatable bonds is 5. The molecule has 0 saturated carbocycles. The molecule has 0 fully saturated rings. The average Bonchev–Trinajstić information content (AvgIpc) is 2.64. The number of ether oxygens (including phenoxy) is 1. The Kier molecular flexibility index (Phi) is 5.20. The van der Waals surface area contributed by atoms with Crippen LogP contribution in [0, 0.1) is 0 Å². The lowest BCUT2D eigenvalue weighted by molar-refractivity contribution is -0.683. The van der Waals surface area contributed by atoms with Gasteiger partial charge in [0.2, 0.25) is 24.2 Å². The first-order valence-corrected chi connectivity index (χ1v) is 8.02. The molecule has 6 heteroatoms. The lowest BCUT2D eigenvalue weighted by Gasteiger charge is -2.05. The van der Waals surface area contributed by atoms with Crippen LogP contribution in [0.25, 0.3) is 0 Å². The molecular formula is C19H15N2O3S+. The smallest absolute Gasteiger partial charge is 0.368 e. The van der Waals surface area contributed by atoms with Crippen molar-refractivity contribution >= 4 is 24.4 Å². The lowest BCUT2D eigenvalue weighted by Crippen LogP contribution is -2.38. The summed E-state index contributed by atoms with van der Waals surface area (Å²) in [6.45, 7) is 0.107. The molecule has 0 aliphatic heterocycles. The van der Waals surface area contributed by atoms with Crippen molar-refractivity contribution in [2.45, 2.75) is 11.4 Å². The average molecular weight is 351 g/mol. The number of carbonyl (C=O) groups excluding carboxylic acids is 2. The monoisotopic (exact) mass is 351 g/mol. The van der Waals surface area contributed by atoms with E-state index in [0.29, 0.717) is 16.2 Å². The number of nitrogens with zero attached hydrogens (tertiary/aromatic N) is 2. The zero-order valence-electron chi connectivity index (χ0n) is 13.2. The number of para-hydroxylation sites is 1. The molecule has 3 rings (SSSR count). The Morgan fingerprint density at radius 1 is 1.04 bits per heavy atom. The first kappa shape index (κ1) is 16.9. The van der Waals surface area contributed by atoms with Crippen LogP contribution in [0.4, 0.5) is 0 Å². The van der Waals surface area contributed by atoms with Crippen LogP contribution in [0.1, 0.15) is 20.8 Å². The summed E-state index contributed by atoms with van der Waals surface area (Å²) in [5, 5.41) is 0. The minimum absolute atomic E-state index is 0.0585. The second-order valence-electron chi connectivity index (χ2n) is 5.26. The van der Waals surface area contributed by atoms with Crippen LogP contribution in [0.2, 0.25) is 0 Å². The van der Waals surface area contributed by atoms with Gasteiger partial charge in [-0.1, -0.05) is 42.5 Å². The zero-order chi connectivity index (χ0) is 17.6. The molecule has 0 N–H and O–H groups in total. The molecule has 1 aromatic heterocycles. The number of ketones is 1. The first-order valence-electron chi connectivity index (χ1n) is 7.57. The van der Waals surface area contributed by atoms with Gasteiger partial charge in [0.1, 0.15) is 5.75 Å². The maximum absolute atomic E-state index is 12.3. The quantitative estimate of drug-likeness (QED) is 0.252. The highest BCUT2D eigenvalue weighted by Gasteiger charge is 2.18. The van der Waals surface area contributed by atoms with E-state index >= 15 is 0 Å². The molecule has 0 radical (unpaired) electrons. The molecule has 0 amide bonds. The van der Waals surface area contributed by atoms with E-state index in [4.69, 9.17) is 4.74 Å². The lowest BCUT2D eigenvalue weighted by atomic mass is 10.1. The molecule has 0 saturated heterocycles. The van der Waals surface area contributed by atoms with Gasteiger partial charge in [-0.15, -0.1) is 12.6 Å². The highest BCUT2D eigenvalue weighted by molar-refractivity contribution is 7.80. The van der Waals surface area contributed by atoms with E-state index in [1.54, 1.807) is 47.2 Å². The van der Waals surface area contributed by atoms with Crippen LogP contribution in [0.3, 0.4) is 0 Å². The number of hydrogen-bond donors (Lipinski definition) is 1. The number of esters is 1. The van der Waals surface area contributed by atoms with Crippen molar-refractivity contribution in [2.75, 3.05) is 0 Å². The predicted molar refractivity (Wildman–Crippen MR) is 93.9 cm³/mol. The van der Waals surface area contributed by atoms with Crippen LogP contribution >= 0.6 is 12.6 Å². The van der Waals surface area contributed by atoms with E-state index in [2.05, 4.69) is 17.6 Å². The number of Topliss-reactive ketones (excluding diaryl/α,β-unsaturated/α-hetero) is 1. The Morgan fingerprint density at radius 3 is 2.52 bits per heavy atom. The Balaban J connectivity index is 1.74. The molecule has 124 valence electrons. The molecule has 0 spiro atoms. The minimum atomic E-state index is -0.608. The SMILES string of the molecule is O=C(C[n+]1ccnc(C(=O)Oc2ccccc2S)c1)c1ccccc1. The molecule has 3 aromatic rings. The number of carbonyl (C=O) groups is 2. The number of hydrogen-bond acceptors (Lipinski definition) is 5. The molecule has 0 bridgehead atoms. The van der Waals surface area contributed by atoms with Crippen LogP contribution in [0.15, 0.2) is 78.1 Å². The Labute approximate surface area is 150 Å². The van der Waals surface area contributed by atoms with Crippen LogP contribution in [-0.4, -0.2) is 16.7 Å². The van der Waals surface area contributed by atoms with Gasteiger partial charge in [0, 0.05) is 10.5 Å². The molecule has 25 heavy (non-hydrogen) atoms. The van der Waals surface area contributed by atoms with Crippen LogP contribution < -0.4 is 9.30 Å². The van der Waals surface area contributed by atoms with Crippen LogP contribution in [-0.2, 0) is 6.54 Å². The maximum Gasteiger partial charge on any atom is 0.368 e. The summed E-state index contributed by atoms with van der Waals surface area (Å²) in [4.78, 5) is 29.1. The molecule has 0 aliphatic rings. The highest BCUT2D eigenvalue weighted by atomic mass is 32.1. The van der Waals surface area contributed by atoms with Crippen molar-refractivity contribution in [3.63, 3.8) is 0 Å². The topological polar surface area (TPSA) is 60.1 Å². The largest absolute Gasteiger partial charge is 0.420 e. The Bertz CT molecular complexity index is 913.